The summed E-state index contributed by atoms with van der Waals surface area (Å²) in [4.78, 5) is 10.6. The van der Waals surface area contributed by atoms with E-state index in [1.807, 2.05) is 0 Å². The van der Waals surface area contributed by atoms with Gasteiger partial charge in [0.05, 0.1) is 5.75 Å². The van der Waals surface area contributed by atoms with Gasteiger partial charge in [0.25, 0.3) is 0 Å². The highest BCUT2D eigenvalue weighted by Crippen LogP contribution is 2.26. The fourth-order valence-electron chi connectivity index (χ4n) is 2.18. The molecule has 0 saturated heterocycles. The topological polar surface area (TPSA) is 83.5 Å². The van der Waals surface area contributed by atoms with Crippen molar-refractivity contribution >= 4 is 16.0 Å². The zero-order valence-electron chi connectivity index (χ0n) is 10.2. The molecular formula is C11H21NO4S. The molecule has 1 aliphatic carbocycles. The maximum atomic E-state index is 11.6. The third-order valence-electron chi connectivity index (χ3n) is 3.25. The number of carboxylic acids is 1. The smallest absolute Gasteiger partial charge is 0.321 e. The lowest BCUT2D eigenvalue weighted by Gasteiger charge is -2.21. The highest BCUT2D eigenvalue weighted by Gasteiger charge is 2.21. The van der Waals surface area contributed by atoms with Crippen molar-refractivity contribution in [3.63, 3.8) is 0 Å². The molecule has 0 aromatic carbocycles. The van der Waals surface area contributed by atoms with Gasteiger partial charge in [-0.2, -0.15) is 0 Å². The van der Waals surface area contributed by atoms with E-state index in [-0.39, 0.29) is 5.75 Å². The second-order valence-corrected chi connectivity index (χ2v) is 6.66. The van der Waals surface area contributed by atoms with Crippen LogP contribution in [0.1, 0.15) is 45.4 Å². The van der Waals surface area contributed by atoms with Gasteiger partial charge in [-0.25, -0.2) is 13.1 Å². The summed E-state index contributed by atoms with van der Waals surface area (Å²) in [5.41, 5.74) is 0. The number of hydrogen-bond acceptors (Lipinski definition) is 3. The van der Waals surface area contributed by atoms with Gasteiger partial charge in [-0.3, -0.25) is 4.79 Å². The molecule has 1 saturated carbocycles. The number of carbonyl (C=O) groups is 1. The number of hydrogen-bond donors (Lipinski definition) is 2. The third kappa shape index (κ3) is 5.50. The first-order chi connectivity index (χ1) is 7.91. The molecule has 0 bridgehead atoms. The highest BCUT2D eigenvalue weighted by molar-refractivity contribution is 7.89. The average molecular weight is 263 g/mol. The standard InChI is InChI=1S/C11H21NO4S/c1-9(11(13)14)12-17(15,16)8-7-10-5-3-2-4-6-10/h9-10,12H,2-8H2,1H3,(H,13,14)/t9-/m0/s1. The van der Waals surface area contributed by atoms with E-state index in [1.165, 1.54) is 26.2 Å². The Balaban J connectivity index is 2.35. The molecule has 6 heteroatoms. The van der Waals surface area contributed by atoms with Gasteiger partial charge in [0.2, 0.25) is 10.0 Å². The SMILES string of the molecule is C[C@H](NS(=O)(=O)CCC1CCCCC1)C(=O)O. The molecule has 0 radical (unpaired) electrons. The first-order valence-corrected chi connectivity index (χ1v) is 7.79. The Labute approximate surface area is 103 Å². The summed E-state index contributed by atoms with van der Waals surface area (Å²) in [5.74, 6) is -0.623. The molecule has 1 atom stereocenters. The van der Waals surface area contributed by atoms with Gasteiger partial charge < -0.3 is 5.11 Å². The molecule has 1 aliphatic rings. The Kier molecular flexibility index (Phi) is 5.39. The van der Waals surface area contributed by atoms with Crippen LogP contribution in [0.15, 0.2) is 0 Å². The molecular weight excluding hydrogens is 242 g/mol. The van der Waals surface area contributed by atoms with Crippen LogP contribution in [0.4, 0.5) is 0 Å². The van der Waals surface area contributed by atoms with Crippen molar-refractivity contribution < 1.29 is 18.3 Å². The Hall–Kier alpha value is -0.620. The van der Waals surface area contributed by atoms with Gasteiger partial charge in [-0.15, -0.1) is 0 Å². The van der Waals surface area contributed by atoms with Crippen molar-refractivity contribution in [2.75, 3.05) is 5.75 Å². The number of sulfonamides is 1. The van der Waals surface area contributed by atoms with Crippen molar-refractivity contribution in [1.29, 1.82) is 0 Å². The summed E-state index contributed by atoms with van der Waals surface area (Å²) in [7, 11) is -3.46. The van der Waals surface area contributed by atoms with Crippen LogP contribution in [0.2, 0.25) is 0 Å². The van der Waals surface area contributed by atoms with Crippen molar-refractivity contribution in [2.24, 2.45) is 5.92 Å². The summed E-state index contributed by atoms with van der Waals surface area (Å²) in [6.45, 7) is 1.33. The minimum absolute atomic E-state index is 0.0370. The monoisotopic (exact) mass is 263 g/mol. The zero-order chi connectivity index (χ0) is 12.9. The van der Waals surface area contributed by atoms with E-state index < -0.39 is 22.0 Å². The molecule has 2 N–H and O–H groups in total. The molecule has 100 valence electrons. The fraction of sp³-hybridized carbons (Fsp3) is 0.909. The molecule has 0 aliphatic heterocycles. The Morgan fingerprint density at radius 3 is 2.47 bits per heavy atom. The summed E-state index contributed by atoms with van der Waals surface area (Å²) >= 11 is 0. The largest absolute Gasteiger partial charge is 0.480 e. The van der Waals surface area contributed by atoms with E-state index in [1.54, 1.807) is 0 Å². The molecule has 0 aromatic heterocycles. The molecule has 5 nitrogen and oxygen atoms in total. The molecule has 0 amide bonds. The molecule has 0 heterocycles. The van der Waals surface area contributed by atoms with E-state index in [9.17, 15) is 13.2 Å². The Morgan fingerprint density at radius 1 is 1.35 bits per heavy atom. The molecule has 0 unspecified atom stereocenters. The predicted molar refractivity (Wildman–Crippen MR) is 65.2 cm³/mol. The van der Waals surface area contributed by atoms with Gasteiger partial charge >= 0.3 is 5.97 Å². The second-order valence-electron chi connectivity index (χ2n) is 4.79. The van der Waals surface area contributed by atoms with Crippen LogP contribution in [-0.2, 0) is 14.8 Å². The first-order valence-electron chi connectivity index (χ1n) is 6.13. The molecule has 0 aromatic rings. The van der Waals surface area contributed by atoms with E-state index in [0.717, 1.165) is 12.8 Å². The van der Waals surface area contributed by atoms with Crippen molar-refractivity contribution in [3.05, 3.63) is 0 Å². The average Bonchev–Trinajstić information content (AvgIpc) is 2.27. The van der Waals surface area contributed by atoms with Crippen LogP contribution in [0.25, 0.3) is 0 Å². The summed E-state index contributed by atoms with van der Waals surface area (Å²) < 4.78 is 25.4. The molecule has 1 fully saturated rings. The molecule has 17 heavy (non-hydrogen) atoms. The van der Waals surface area contributed by atoms with Crippen LogP contribution in [-0.4, -0.2) is 31.3 Å². The third-order valence-corrected chi connectivity index (χ3v) is 4.73. The first kappa shape index (κ1) is 14.4. The molecule has 0 spiro atoms. The second kappa shape index (κ2) is 6.35. The van der Waals surface area contributed by atoms with Crippen molar-refractivity contribution in [2.45, 2.75) is 51.5 Å². The van der Waals surface area contributed by atoms with Gasteiger partial charge in [-0.05, 0) is 19.3 Å². The van der Waals surface area contributed by atoms with Crippen molar-refractivity contribution in [3.8, 4) is 0 Å². The van der Waals surface area contributed by atoms with Gasteiger partial charge in [0.1, 0.15) is 6.04 Å². The minimum Gasteiger partial charge on any atom is -0.480 e. The molecule has 1 rings (SSSR count). The van der Waals surface area contributed by atoms with Crippen LogP contribution >= 0.6 is 0 Å². The Morgan fingerprint density at radius 2 is 1.94 bits per heavy atom. The van der Waals surface area contributed by atoms with Gasteiger partial charge in [0, 0.05) is 0 Å². The van der Waals surface area contributed by atoms with Crippen molar-refractivity contribution in [1.82, 2.24) is 4.72 Å². The van der Waals surface area contributed by atoms with E-state index in [0.29, 0.717) is 12.3 Å². The number of nitrogens with one attached hydrogen (secondary N) is 1. The lowest BCUT2D eigenvalue weighted by atomic mass is 9.88. The lowest BCUT2D eigenvalue weighted by molar-refractivity contribution is -0.138. The van der Waals surface area contributed by atoms with Gasteiger partial charge in [0.15, 0.2) is 0 Å². The quantitative estimate of drug-likeness (QED) is 0.757. The van der Waals surface area contributed by atoms with Crippen LogP contribution in [0.5, 0.6) is 0 Å². The number of rotatable bonds is 6. The lowest BCUT2D eigenvalue weighted by Crippen LogP contribution is -2.39. The van der Waals surface area contributed by atoms with E-state index >= 15 is 0 Å². The number of carboxylic acid groups (broad SMARTS) is 1. The summed E-state index contributed by atoms with van der Waals surface area (Å²) in [6, 6.07) is -1.05. The number of aliphatic carboxylic acids is 1. The minimum atomic E-state index is -3.46. The zero-order valence-corrected chi connectivity index (χ0v) is 11.0. The highest BCUT2D eigenvalue weighted by atomic mass is 32.2. The summed E-state index contributed by atoms with van der Waals surface area (Å²) in [5, 5.41) is 8.64. The summed E-state index contributed by atoms with van der Waals surface area (Å²) in [6.07, 6.45) is 6.46. The fourth-order valence-corrected chi connectivity index (χ4v) is 3.58. The van der Waals surface area contributed by atoms with Crippen LogP contribution < -0.4 is 4.72 Å². The maximum absolute atomic E-state index is 11.6. The normalized spacial score (nSPS) is 20.1. The Bertz CT molecular complexity index is 346. The van der Waals surface area contributed by atoms with Gasteiger partial charge in [-0.1, -0.05) is 32.1 Å². The van der Waals surface area contributed by atoms with E-state index in [2.05, 4.69) is 4.72 Å². The predicted octanol–water partition coefficient (Wildman–Crippen LogP) is 1.35. The van der Waals surface area contributed by atoms with Crippen LogP contribution in [0.3, 0.4) is 0 Å². The maximum Gasteiger partial charge on any atom is 0.321 e. The van der Waals surface area contributed by atoms with Crippen LogP contribution in [0, 0.1) is 5.92 Å². The van der Waals surface area contributed by atoms with E-state index in [4.69, 9.17) is 5.11 Å².